The Bertz CT molecular complexity index is 424. The van der Waals surface area contributed by atoms with E-state index in [-0.39, 0.29) is 18.4 Å². The third-order valence-electron chi connectivity index (χ3n) is 2.17. The fourth-order valence-corrected chi connectivity index (χ4v) is 1.55. The van der Waals surface area contributed by atoms with E-state index in [1.165, 1.54) is 0 Å². The highest BCUT2D eigenvalue weighted by molar-refractivity contribution is 6.30. The Balaban J connectivity index is 2.20. The van der Waals surface area contributed by atoms with Crippen LogP contribution in [-0.4, -0.2) is 24.9 Å². The van der Waals surface area contributed by atoms with E-state index in [0.717, 1.165) is 0 Å². The Kier molecular flexibility index (Phi) is 6.18. The molecule has 1 rings (SSSR count). The van der Waals surface area contributed by atoms with Gasteiger partial charge in [-0.05, 0) is 31.2 Å². The summed E-state index contributed by atoms with van der Waals surface area (Å²) in [5, 5.41) is 6.20. The van der Waals surface area contributed by atoms with Gasteiger partial charge in [0.25, 0.3) is 0 Å². The number of amides is 2. The van der Waals surface area contributed by atoms with Crippen LogP contribution in [0.3, 0.4) is 0 Å². The highest BCUT2D eigenvalue weighted by Crippen LogP contribution is 2.14. The number of nitrogens with one attached hydrogen (secondary N) is 2. The van der Waals surface area contributed by atoms with Crippen molar-refractivity contribution in [1.82, 2.24) is 5.32 Å². The van der Waals surface area contributed by atoms with E-state index in [1.54, 1.807) is 24.3 Å². The Morgan fingerprint density at radius 3 is 2.78 bits per heavy atom. The maximum atomic E-state index is 11.5. The zero-order valence-electron chi connectivity index (χ0n) is 9.91. The largest absolute Gasteiger partial charge is 0.370 e. The number of rotatable bonds is 7. The normalized spacial score (nSPS) is 10.1. The molecule has 2 amide bonds. The van der Waals surface area contributed by atoms with Crippen LogP contribution in [0, 0.1) is 0 Å². The van der Waals surface area contributed by atoms with Crippen LogP contribution in [0.4, 0.5) is 5.69 Å². The third kappa shape index (κ3) is 6.22. The summed E-state index contributed by atoms with van der Waals surface area (Å²) in [5.74, 6) is -0.489. The maximum absolute atomic E-state index is 11.5. The van der Waals surface area contributed by atoms with Crippen LogP contribution < -0.4 is 16.4 Å². The van der Waals surface area contributed by atoms with Crippen LogP contribution in [0.25, 0.3) is 0 Å². The van der Waals surface area contributed by atoms with Crippen LogP contribution in [0.2, 0.25) is 5.02 Å². The lowest BCUT2D eigenvalue weighted by atomic mass is 10.3. The molecular formula is C12H16ClN3O2. The summed E-state index contributed by atoms with van der Waals surface area (Å²) in [6.45, 7) is 0.761. The zero-order valence-corrected chi connectivity index (χ0v) is 10.7. The van der Waals surface area contributed by atoms with Crippen molar-refractivity contribution in [3.8, 4) is 0 Å². The van der Waals surface area contributed by atoms with Gasteiger partial charge in [0.15, 0.2) is 0 Å². The van der Waals surface area contributed by atoms with Gasteiger partial charge >= 0.3 is 0 Å². The third-order valence-corrected chi connectivity index (χ3v) is 2.41. The molecule has 98 valence electrons. The number of benzene rings is 1. The summed E-state index contributed by atoms with van der Waals surface area (Å²) in [4.78, 5) is 22.0. The first-order valence-corrected chi connectivity index (χ1v) is 6.00. The Hall–Kier alpha value is -1.59. The van der Waals surface area contributed by atoms with E-state index < -0.39 is 0 Å². The van der Waals surface area contributed by atoms with Gasteiger partial charge in [-0.25, -0.2) is 0 Å². The topological polar surface area (TPSA) is 84.2 Å². The number of nitrogens with two attached hydrogens (primary N) is 1. The van der Waals surface area contributed by atoms with Crippen molar-refractivity contribution in [1.29, 1.82) is 0 Å². The van der Waals surface area contributed by atoms with Gasteiger partial charge in [-0.3, -0.25) is 9.59 Å². The molecule has 0 heterocycles. The molecule has 0 spiro atoms. The second-order valence-corrected chi connectivity index (χ2v) is 4.24. The molecule has 0 aliphatic carbocycles. The van der Waals surface area contributed by atoms with E-state index in [1.807, 2.05) is 0 Å². The minimum absolute atomic E-state index is 0.156. The molecule has 5 nitrogen and oxygen atoms in total. The molecule has 0 saturated heterocycles. The van der Waals surface area contributed by atoms with E-state index in [2.05, 4.69) is 10.6 Å². The molecule has 6 heteroatoms. The van der Waals surface area contributed by atoms with Gasteiger partial charge < -0.3 is 16.4 Å². The molecular weight excluding hydrogens is 254 g/mol. The lowest BCUT2D eigenvalue weighted by molar-refractivity contribution is -0.118. The minimum Gasteiger partial charge on any atom is -0.370 e. The molecule has 1 aromatic rings. The predicted molar refractivity (Wildman–Crippen MR) is 71.4 cm³/mol. The van der Waals surface area contributed by atoms with Gasteiger partial charge in [-0.2, -0.15) is 0 Å². The molecule has 0 aromatic heterocycles. The monoisotopic (exact) mass is 269 g/mol. The van der Waals surface area contributed by atoms with Gasteiger partial charge in [0, 0.05) is 17.1 Å². The fourth-order valence-electron chi connectivity index (χ4n) is 1.36. The number of hydrogen-bond donors (Lipinski definition) is 3. The number of anilines is 1. The van der Waals surface area contributed by atoms with Crippen molar-refractivity contribution in [2.24, 2.45) is 5.73 Å². The molecule has 18 heavy (non-hydrogen) atoms. The molecule has 0 radical (unpaired) electrons. The van der Waals surface area contributed by atoms with Gasteiger partial charge in [-0.15, -0.1) is 0 Å². The van der Waals surface area contributed by atoms with Crippen LogP contribution in [0.15, 0.2) is 24.3 Å². The molecule has 0 unspecified atom stereocenters. The van der Waals surface area contributed by atoms with Gasteiger partial charge in [0.05, 0.1) is 6.54 Å². The van der Waals surface area contributed by atoms with Crippen molar-refractivity contribution in [2.75, 3.05) is 18.4 Å². The summed E-state index contributed by atoms with van der Waals surface area (Å²) in [6.07, 6.45) is 0.947. The molecule has 4 N–H and O–H groups in total. The summed E-state index contributed by atoms with van der Waals surface area (Å²) >= 11 is 5.79. The molecule has 0 aliphatic heterocycles. The van der Waals surface area contributed by atoms with Crippen LogP contribution >= 0.6 is 11.6 Å². The van der Waals surface area contributed by atoms with Crippen molar-refractivity contribution >= 4 is 29.1 Å². The average molecular weight is 270 g/mol. The number of halogens is 1. The molecule has 1 aromatic carbocycles. The van der Waals surface area contributed by atoms with E-state index >= 15 is 0 Å². The van der Waals surface area contributed by atoms with Crippen LogP contribution in [0.1, 0.15) is 12.8 Å². The molecule has 0 aliphatic rings. The predicted octanol–water partition coefficient (Wildman–Crippen LogP) is 1.13. The van der Waals surface area contributed by atoms with Gasteiger partial charge in [0.1, 0.15) is 0 Å². The second kappa shape index (κ2) is 7.68. The standard InChI is InChI=1S/C12H16ClN3O2/c13-9-3-1-4-10(7-9)16-12(18)8-15-6-2-5-11(14)17/h1,3-4,7,15H,2,5-6,8H2,(H2,14,17)(H,16,18). The Morgan fingerprint density at radius 2 is 2.11 bits per heavy atom. The summed E-state index contributed by atoms with van der Waals surface area (Å²) in [7, 11) is 0. The van der Waals surface area contributed by atoms with Crippen molar-refractivity contribution in [2.45, 2.75) is 12.8 Å². The first-order valence-electron chi connectivity index (χ1n) is 5.62. The van der Waals surface area contributed by atoms with E-state index in [0.29, 0.717) is 30.1 Å². The first kappa shape index (κ1) is 14.5. The highest BCUT2D eigenvalue weighted by atomic mass is 35.5. The van der Waals surface area contributed by atoms with Gasteiger partial charge in [-0.1, -0.05) is 17.7 Å². The van der Waals surface area contributed by atoms with Crippen molar-refractivity contribution < 1.29 is 9.59 Å². The number of carbonyl (C=O) groups is 2. The number of carbonyl (C=O) groups excluding carboxylic acids is 2. The van der Waals surface area contributed by atoms with Crippen molar-refractivity contribution in [3.05, 3.63) is 29.3 Å². The maximum Gasteiger partial charge on any atom is 0.238 e. The lowest BCUT2D eigenvalue weighted by Crippen LogP contribution is -2.29. The Morgan fingerprint density at radius 1 is 1.33 bits per heavy atom. The van der Waals surface area contributed by atoms with E-state index in [9.17, 15) is 9.59 Å². The summed E-state index contributed by atoms with van der Waals surface area (Å²) in [6, 6.07) is 6.93. The fraction of sp³-hybridized carbons (Fsp3) is 0.333. The number of hydrogen-bond acceptors (Lipinski definition) is 3. The Labute approximate surface area is 111 Å². The van der Waals surface area contributed by atoms with E-state index in [4.69, 9.17) is 17.3 Å². The van der Waals surface area contributed by atoms with Crippen LogP contribution in [0.5, 0.6) is 0 Å². The highest BCUT2D eigenvalue weighted by Gasteiger charge is 2.02. The minimum atomic E-state index is -0.333. The van der Waals surface area contributed by atoms with Crippen molar-refractivity contribution in [3.63, 3.8) is 0 Å². The smallest absolute Gasteiger partial charge is 0.238 e. The molecule has 0 fully saturated rings. The quantitative estimate of drug-likeness (QED) is 0.649. The first-order chi connectivity index (χ1) is 8.58. The molecule has 0 saturated carbocycles. The van der Waals surface area contributed by atoms with Crippen LogP contribution in [-0.2, 0) is 9.59 Å². The SMILES string of the molecule is NC(=O)CCCNCC(=O)Nc1cccc(Cl)c1. The van der Waals surface area contributed by atoms with Gasteiger partial charge in [0.2, 0.25) is 11.8 Å². The number of primary amides is 1. The second-order valence-electron chi connectivity index (χ2n) is 3.81. The molecule has 0 bridgehead atoms. The molecule has 0 atom stereocenters. The zero-order chi connectivity index (χ0) is 13.4. The lowest BCUT2D eigenvalue weighted by Gasteiger charge is -2.06. The summed E-state index contributed by atoms with van der Waals surface area (Å²) in [5.41, 5.74) is 5.65. The summed E-state index contributed by atoms with van der Waals surface area (Å²) < 4.78 is 0. The average Bonchev–Trinajstić information content (AvgIpc) is 2.28.